The van der Waals surface area contributed by atoms with Gasteiger partial charge in [0.05, 0.1) is 11.6 Å². The average molecular weight is 377 g/mol. The van der Waals surface area contributed by atoms with Gasteiger partial charge in [0.2, 0.25) is 5.91 Å². The summed E-state index contributed by atoms with van der Waals surface area (Å²) in [7, 11) is 1.65. The van der Waals surface area contributed by atoms with Crippen molar-refractivity contribution in [3.63, 3.8) is 0 Å². The van der Waals surface area contributed by atoms with Crippen LogP contribution in [0.4, 0.5) is 11.4 Å². The first-order valence-electron chi connectivity index (χ1n) is 7.47. The summed E-state index contributed by atoms with van der Waals surface area (Å²) in [5, 5.41) is 6.23. The van der Waals surface area contributed by atoms with Crippen molar-refractivity contribution in [2.75, 3.05) is 17.7 Å². The normalized spacial score (nSPS) is 10.5. The van der Waals surface area contributed by atoms with Crippen LogP contribution in [0.3, 0.4) is 0 Å². The minimum Gasteiger partial charge on any atom is -0.496 e. The number of methoxy groups -OCH3 is 1. The standard InChI is InChI=1S/C18H21BrN2O2/c1-12(2)18(22)21-15-7-5-14(6-8-15)20-11-13-4-9-17(23-3)16(19)10-13/h4-10,12,20H,11H2,1-3H3,(H,21,22). The third-order valence-electron chi connectivity index (χ3n) is 3.39. The number of nitrogens with one attached hydrogen (secondary N) is 2. The van der Waals surface area contributed by atoms with E-state index in [1.165, 1.54) is 0 Å². The Morgan fingerprint density at radius 2 is 1.78 bits per heavy atom. The third kappa shape index (κ3) is 4.99. The first-order chi connectivity index (χ1) is 11.0. The largest absolute Gasteiger partial charge is 0.496 e. The second kappa shape index (κ2) is 8.02. The second-order valence-corrected chi connectivity index (χ2v) is 6.40. The number of halogens is 1. The smallest absolute Gasteiger partial charge is 0.226 e. The molecule has 5 heteroatoms. The Kier molecular flexibility index (Phi) is 6.04. The van der Waals surface area contributed by atoms with Crippen molar-refractivity contribution in [3.8, 4) is 5.75 Å². The molecule has 0 aliphatic carbocycles. The molecule has 0 spiro atoms. The number of carbonyl (C=O) groups is 1. The van der Waals surface area contributed by atoms with E-state index in [2.05, 4.69) is 26.6 Å². The Labute approximate surface area is 145 Å². The Morgan fingerprint density at radius 1 is 1.13 bits per heavy atom. The summed E-state index contributed by atoms with van der Waals surface area (Å²) in [6, 6.07) is 13.7. The zero-order valence-corrected chi connectivity index (χ0v) is 15.1. The number of hydrogen-bond donors (Lipinski definition) is 2. The van der Waals surface area contributed by atoms with Crippen LogP contribution >= 0.6 is 15.9 Å². The molecule has 0 unspecified atom stereocenters. The van der Waals surface area contributed by atoms with Gasteiger partial charge in [0.25, 0.3) is 0 Å². The highest BCUT2D eigenvalue weighted by molar-refractivity contribution is 9.10. The van der Waals surface area contributed by atoms with E-state index in [0.717, 1.165) is 27.2 Å². The number of anilines is 2. The molecule has 2 rings (SSSR count). The molecule has 4 nitrogen and oxygen atoms in total. The van der Waals surface area contributed by atoms with Crippen molar-refractivity contribution >= 4 is 33.2 Å². The van der Waals surface area contributed by atoms with Gasteiger partial charge >= 0.3 is 0 Å². The van der Waals surface area contributed by atoms with Gasteiger partial charge in [-0.3, -0.25) is 4.79 Å². The molecular formula is C18H21BrN2O2. The van der Waals surface area contributed by atoms with E-state index in [0.29, 0.717) is 6.54 Å². The number of hydrogen-bond acceptors (Lipinski definition) is 3. The summed E-state index contributed by atoms with van der Waals surface area (Å²) in [5.74, 6) is 0.814. The van der Waals surface area contributed by atoms with Crippen LogP contribution in [0, 0.1) is 5.92 Å². The summed E-state index contributed by atoms with van der Waals surface area (Å²) < 4.78 is 6.16. The lowest BCUT2D eigenvalue weighted by atomic mass is 10.2. The minimum absolute atomic E-state index is 0.0220. The molecule has 0 aliphatic rings. The molecule has 0 saturated carbocycles. The molecule has 122 valence electrons. The molecular weight excluding hydrogens is 356 g/mol. The van der Waals surface area contributed by atoms with Crippen LogP contribution in [0.1, 0.15) is 19.4 Å². The minimum atomic E-state index is -0.0266. The van der Waals surface area contributed by atoms with Crippen molar-refractivity contribution in [1.29, 1.82) is 0 Å². The van der Waals surface area contributed by atoms with Crippen molar-refractivity contribution in [2.45, 2.75) is 20.4 Å². The number of amides is 1. The summed E-state index contributed by atoms with van der Waals surface area (Å²) >= 11 is 3.48. The summed E-state index contributed by atoms with van der Waals surface area (Å²) in [4.78, 5) is 11.7. The monoisotopic (exact) mass is 376 g/mol. The van der Waals surface area contributed by atoms with Crippen LogP contribution in [0.15, 0.2) is 46.9 Å². The zero-order chi connectivity index (χ0) is 16.8. The maximum atomic E-state index is 11.7. The van der Waals surface area contributed by atoms with E-state index >= 15 is 0 Å². The summed E-state index contributed by atoms with van der Waals surface area (Å²) in [6.45, 7) is 4.46. The Bertz CT molecular complexity index is 669. The van der Waals surface area contributed by atoms with Crippen LogP contribution in [0.5, 0.6) is 5.75 Å². The predicted octanol–water partition coefficient (Wildman–Crippen LogP) is 4.66. The highest BCUT2D eigenvalue weighted by Gasteiger charge is 2.06. The van der Waals surface area contributed by atoms with E-state index < -0.39 is 0 Å². The molecule has 0 saturated heterocycles. The first-order valence-corrected chi connectivity index (χ1v) is 8.26. The quantitative estimate of drug-likeness (QED) is 0.770. The van der Waals surface area contributed by atoms with Gasteiger partial charge in [0.1, 0.15) is 5.75 Å². The molecule has 23 heavy (non-hydrogen) atoms. The van der Waals surface area contributed by atoms with E-state index in [1.54, 1.807) is 7.11 Å². The predicted molar refractivity (Wildman–Crippen MR) is 97.9 cm³/mol. The first kappa shape index (κ1) is 17.3. The molecule has 2 N–H and O–H groups in total. The Balaban J connectivity index is 1.93. The van der Waals surface area contributed by atoms with E-state index in [-0.39, 0.29) is 11.8 Å². The third-order valence-corrected chi connectivity index (χ3v) is 4.01. The Morgan fingerprint density at radius 3 is 2.35 bits per heavy atom. The van der Waals surface area contributed by atoms with E-state index in [1.807, 2.05) is 56.3 Å². The molecule has 0 atom stereocenters. The van der Waals surface area contributed by atoms with Crippen molar-refractivity contribution in [2.24, 2.45) is 5.92 Å². The number of ether oxygens (including phenoxy) is 1. The molecule has 2 aromatic rings. The van der Waals surface area contributed by atoms with Gasteiger partial charge in [-0.1, -0.05) is 19.9 Å². The van der Waals surface area contributed by atoms with Crippen molar-refractivity contribution < 1.29 is 9.53 Å². The maximum absolute atomic E-state index is 11.7. The lowest BCUT2D eigenvalue weighted by molar-refractivity contribution is -0.118. The van der Waals surface area contributed by atoms with Gasteiger partial charge in [-0.2, -0.15) is 0 Å². The highest BCUT2D eigenvalue weighted by Crippen LogP contribution is 2.26. The fraction of sp³-hybridized carbons (Fsp3) is 0.278. The topological polar surface area (TPSA) is 50.4 Å². The van der Waals surface area contributed by atoms with Gasteiger partial charge in [0, 0.05) is 23.8 Å². The van der Waals surface area contributed by atoms with Crippen LogP contribution < -0.4 is 15.4 Å². The summed E-state index contributed by atoms with van der Waals surface area (Å²) in [5.41, 5.74) is 2.95. The molecule has 0 heterocycles. The van der Waals surface area contributed by atoms with E-state index in [9.17, 15) is 4.79 Å². The molecule has 0 fully saturated rings. The number of carbonyl (C=O) groups excluding carboxylic acids is 1. The second-order valence-electron chi connectivity index (χ2n) is 5.54. The van der Waals surface area contributed by atoms with Gasteiger partial charge in [0.15, 0.2) is 0 Å². The SMILES string of the molecule is COc1ccc(CNc2ccc(NC(=O)C(C)C)cc2)cc1Br. The molecule has 0 aromatic heterocycles. The maximum Gasteiger partial charge on any atom is 0.226 e. The van der Waals surface area contributed by atoms with Crippen LogP contribution in [-0.2, 0) is 11.3 Å². The van der Waals surface area contributed by atoms with Gasteiger partial charge in [-0.15, -0.1) is 0 Å². The number of benzene rings is 2. The van der Waals surface area contributed by atoms with Gasteiger partial charge in [-0.25, -0.2) is 0 Å². The molecule has 0 radical (unpaired) electrons. The molecule has 1 amide bonds. The highest BCUT2D eigenvalue weighted by atomic mass is 79.9. The van der Waals surface area contributed by atoms with Crippen LogP contribution in [-0.4, -0.2) is 13.0 Å². The fourth-order valence-corrected chi connectivity index (χ4v) is 2.57. The zero-order valence-electron chi connectivity index (χ0n) is 13.5. The van der Waals surface area contributed by atoms with Crippen molar-refractivity contribution in [3.05, 3.63) is 52.5 Å². The van der Waals surface area contributed by atoms with Crippen LogP contribution in [0.2, 0.25) is 0 Å². The Hall–Kier alpha value is -2.01. The van der Waals surface area contributed by atoms with Crippen LogP contribution in [0.25, 0.3) is 0 Å². The summed E-state index contributed by atoms with van der Waals surface area (Å²) in [6.07, 6.45) is 0. The molecule has 0 aliphatic heterocycles. The molecule has 0 bridgehead atoms. The van der Waals surface area contributed by atoms with Crippen molar-refractivity contribution in [1.82, 2.24) is 0 Å². The lowest BCUT2D eigenvalue weighted by Gasteiger charge is -2.11. The number of rotatable bonds is 6. The van der Waals surface area contributed by atoms with Gasteiger partial charge < -0.3 is 15.4 Å². The average Bonchev–Trinajstić information content (AvgIpc) is 2.54. The molecule has 2 aromatic carbocycles. The van der Waals surface area contributed by atoms with E-state index in [4.69, 9.17) is 4.74 Å². The lowest BCUT2D eigenvalue weighted by Crippen LogP contribution is -2.17. The van der Waals surface area contributed by atoms with Gasteiger partial charge in [-0.05, 0) is 57.9 Å². The fourth-order valence-electron chi connectivity index (χ4n) is 1.98.